The average molecular weight is 279 g/mol. The molecule has 0 unspecified atom stereocenters. The molecule has 0 fully saturated rings. The molecule has 1 aromatic rings. The minimum atomic E-state index is -0.850. The van der Waals surface area contributed by atoms with Crippen LogP contribution in [-0.2, 0) is 9.59 Å². The molecule has 0 heterocycles. The van der Waals surface area contributed by atoms with Crippen molar-refractivity contribution in [3.8, 4) is 5.75 Å². The first-order valence-corrected chi connectivity index (χ1v) is 6.67. The number of hydrogen-bond donors (Lipinski definition) is 2. The lowest BCUT2D eigenvalue weighted by Gasteiger charge is -2.09. The minimum Gasteiger partial charge on any atom is -0.493 e. The molecular weight excluding hydrogens is 258 g/mol. The van der Waals surface area contributed by atoms with Crippen molar-refractivity contribution in [3.05, 3.63) is 29.3 Å². The molecule has 0 aromatic heterocycles. The third-order valence-corrected chi connectivity index (χ3v) is 2.81. The van der Waals surface area contributed by atoms with Gasteiger partial charge in [0, 0.05) is 13.0 Å². The molecule has 0 aliphatic heterocycles. The Labute approximate surface area is 118 Å². The Hall–Kier alpha value is -2.04. The fourth-order valence-corrected chi connectivity index (χ4v) is 1.77. The number of carbonyl (C=O) groups is 2. The molecule has 20 heavy (non-hydrogen) atoms. The highest BCUT2D eigenvalue weighted by Gasteiger charge is 2.04. The Morgan fingerprint density at radius 3 is 2.65 bits per heavy atom. The van der Waals surface area contributed by atoms with Gasteiger partial charge in [0.1, 0.15) is 5.75 Å². The maximum atomic E-state index is 11.5. The second-order valence-corrected chi connectivity index (χ2v) is 4.71. The summed E-state index contributed by atoms with van der Waals surface area (Å²) in [6.07, 6.45) is 0.777. The van der Waals surface area contributed by atoms with Gasteiger partial charge >= 0.3 is 5.97 Å². The van der Waals surface area contributed by atoms with Gasteiger partial charge < -0.3 is 15.2 Å². The van der Waals surface area contributed by atoms with Crippen LogP contribution in [-0.4, -0.2) is 30.1 Å². The molecule has 0 spiro atoms. The molecule has 2 N–H and O–H groups in total. The molecule has 0 saturated heterocycles. The summed E-state index contributed by atoms with van der Waals surface area (Å²) in [6.45, 7) is 4.68. The summed E-state index contributed by atoms with van der Waals surface area (Å²) < 4.78 is 5.55. The van der Waals surface area contributed by atoms with Crippen molar-refractivity contribution >= 4 is 11.9 Å². The van der Waals surface area contributed by atoms with Gasteiger partial charge in [-0.25, -0.2) is 0 Å². The van der Waals surface area contributed by atoms with Gasteiger partial charge in [0.25, 0.3) is 0 Å². The van der Waals surface area contributed by atoms with Crippen LogP contribution >= 0.6 is 0 Å². The lowest BCUT2D eigenvalue weighted by Crippen LogP contribution is -2.26. The number of aryl methyl sites for hydroxylation is 2. The lowest BCUT2D eigenvalue weighted by molar-refractivity contribution is -0.137. The second-order valence-electron chi connectivity index (χ2n) is 4.71. The van der Waals surface area contributed by atoms with Gasteiger partial charge in [0.2, 0.25) is 5.91 Å². The highest BCUT2D eigenvalue weighted by molar-refractivity contribution is 5.76. The summed E-state index contributed by atoms with van der Waals surface area (Å²) in [5.74, 6) is -0.188. The Kier molecular flexibility index (Phi) is 6.56. The van der Waals surface area contributed by atoms with Crippen LogP contribution in [0, 0.1) is 13.8 Å². The summed E-state index contributed by atoms with van der Waals surface area (Å²) >= 11 is 0. The minimum absolute atomic E-state index is 0.0688. The molecule has 0 radical (unpaired) electrons. The fraction of sp³-hybridized carbons (Fsp3) is 0.467. The standard InChI is InChI=1S/C15H21NO4/c1-11-5-6-13(12(2)10-11)20-9-7-14(17)16-8-3-4-15(18)19/h5-6,10H,3-4,7-9H2,1-2H3,(H,16,17)(H,18,19). The van der Waals surface area contributed by atoms with E-state index >= 15 is 0 Å². The van der Waals surface area contributed by atoms with Gasteiger partial charge in [0.15, 0.2) is 0 Å². The molecule has 110 valence electrons. The van der Waals surface area contributed by atoms with Crippen molar-refractivity contribution in [1.82, 2.24) is 5.32 Å². The van der Waals surface area contributed by atoms with Gasteiger partial charge in [-0.2, -0.15) is 0 Å². The lowest BCUT2D eigenvalue weighted by atomic mass is 10.1. The maximum Gasteiger partial charge on any atom is 0.303 e. The van der Waals surface area contributed by atoms with E-state index in [-0.39, 0.29) is 18.7 Å². The van der Waals surface area contributed by atoms with Crippen LogP contribution in [0.2, 0.25) is 0 Å². The van der Waals surface area contributed by atoms with Crippen molar-refractivity contribution in [3.63, 3.8) is 0 Å². The number of amides is 1. The summed E-state index contributed by atoms with van der Waals surface area (Å²) in [6, 6.07) is 5.89. The maximum absolute atomic E-state index is 11.5. The number of benzene rings is 1. The van der Waals surface area contributed by atoms with Crippen LogP contribution in [0.1, 0.15) is 30.4 Å². The van der Waals surface area contributed by atoms with E-state index in [1.807, 2.05) is 32.0 Å². The van der Waals surface area contributed by atoms with Crippen LogP contribution in [0.3, 0.4) is 0 Å². The van der Waals surface area contributed by atoms with E-state index in [1.54, 1.807) is 0 Å². The third kappa shape index (κ3) is 6.22. The number of rotatable bonds is 8. The van der Waals surface area contributed by atoms with Crippen molar-refractivity contribution in [1.29, 1.82) is 0 Å². The van der Waals surface area contributed by atoms with E-state index in [0.717, 1.165) is 11.3 Å². The number of hydrogen-bond acceptors (Lipinski definition) is 3. The molecule has 0 aliphatic carbocycles. The van der Waals surface area contributed by atoms with E-state index < -0.39 is 5.97 Å². The number of carboxylic acids is 1. The number of ether oxygens (including phenoxy) is 1. The zero-order valence-electron chi connectivity index (χ0n) is 11.9. The van der Waals surface area contributed by atoms with Crippen molar-refractivity contribution in [2.75, 3.05) is 13.2 Å². The summed E-state index contributed by atoms with van der Waals surface area (Å²) in [7, 11) is 0. The second kappa shape index (κ2) is 8.19. The number of carboxylic acid groups (broad SMARTS) is 1. The van der Waals surface area contributed by atoms with Crippen LogP contribution < -0.4 is 10.1 Å². The van der Waals surface area contributed by atoms with Gasteiger partial charge in [-0.3, -0.25) is 9.59 Å². The van der Waals surface area contributed by atoms with E-state index in [2.05, 4.69) is 5.32 Å². The molecule has 1 rings (SSSR count). The third-order valence-electron chi connectivity index (χ3n) is 2.81. The Morgan fingerprint density at radius 2 is 2.00 bits per heavy atom. The first-order chi connectivity index (χ1) is 9.49. The molecule has 5 heteroatoms. The molecule has 5 nitrogen and oxygen atoms in total. The zero-order chi connectivity index (χ0) is 15.0. The van der Waals surface area contributed by atoms with Crippen LogP contribution in [0.4, 0.5) is 0 Å². The van der Waals surface area contributed by atoms with Gasteiger partial charge in [-0.1, -0.05) is 17.7 Å². The topological polar surface area (TPSA) is 75.6 Å². The predicted octanol–water partition coefficient (Wildman–Crippen LogP) is 2.05. The van der Waals surface area contributed by atoms with Crippen molar-refractivity contribution in [2.24, 2.45) is 0 Å². The van der Waals surface area contributed by atoms with E-state index in [4.69, 9.17) is 9.84 Å². The largest absolute Gasteiger partial charge is 0.493 e. The Bertz CT molecular complexity index is 471. The SMILES string of the molecule is Cc1ccc(OCCC(=O)NCCCC(=O)O)c(C)c1. The number of carbonyl (C=O) groups excluding carboxylic acids is 1. The molecule has 0 aliphatic rings. The van der Waals surface area contributed by atoms with Crippen molar-refractivity contribution < 1.29 is 19.4 Å². The summed E-state index contributed by atoms with van der Waals surface area (Å²) in [4.78, 5) is 21.8. The monoisotopic (exact) mass is 279 g/mol. The Balaban J connectivity index is 2.20. The van der Waals surface area contributed by atoms with Crippen LogP contribution in [0.25, 0.3) is 0 Å². The number of nitrogens with one attached hydrogen (secondary N) is 1. The highest BCUT2D eigenvalue weighted by atomic mass is 16.5. The first-order valence-electron chi connectivity index (χ1n) is 6.67. The molecule has 0 atom stereocenters. The van der Waals surface area contributed by atoms with E-state index in [0.29, 0.717) is 19.6 Å². The fourth-order valence-electron chi connectivity index (χ4n) is 1.77. The highest BCUT2D eigenvalue weighted by Crippen LogP contribution is 2.18. The average Bonchev–Trinajstić information content (AvgIpc) is 2.37. The molecular formula is C15H21NO4. The molecule has 0 saturated carbocycles. The van der Waals surface area contributed by atoms with Crippen molar-refractivity contribution in [2.45, 2.75) is 33.1 Å². The van der Waals surface area contributed by atoms with Gasteiger partial charge in [-0.15, -0.1) is 0 Å². The van der Waals surface area contributed by atoms with E-state index in [9.17, 15) is 9.59 Å². The van der Waals surface area contributed by atoms with Gasteiger partial charge in [0.05, 0.1) is 13.0 Å². The Morgan fingerprint density at radius 1 is 1.25 bits per heavy atom. The van der Waals surface area contributed by atoms with Gasteiger partial charge in [-0.05, 0) is 31.9 Å². The normalized spacial score (nSPS) is 10.1. The summed E-state index contributed by atoms with van der Waals surface area (Å²) in [5.41, 5.74) is 2.22. The predicted molar refractivity (Wildman–Crippen MR) is 75.9 cm³/mol. The smallest absolute Gasteiger partial charge is 0.303 e. The summed E-state index contributed by atoms with van der Waals surface area (Å²) in [5, 5.41) is 11.1. The van der Waals surface area contributed by atoms with Crippen LogP contribution in [0.5, 0.6) is 5.75 Å². The molecule has 1 amide bonds. The zero-order valence-corrected chi connectivity index (χ0v) is 11.9. The molecule has 0 bridgehead atoms. The first kappa shape index (κ1) is 16.0. The quantitative estimate of drug-likeness (QED) is 0.714. The van der Waals surface area contributed by atoms with Crippen LogP contribution in [0.15, 0.2) is 18.2 Å². The van der Waals surface area contributed by atoms with E-state index in [1.165, 1.54) is 5.56 Å². The number of aliphatic carboxylic acids is 1. The molecule has 1 aromatic carbocycles.